The fraction of sp³-hybridized carbons (Fsp3) is 0.444. The molecule has 2 aliphatic heterocycles. The Hall–Kier alpha value is -2.55. The van der Waals surface area contributed by atoms with Gasteiger partial charge in [-0.1, -0.05) is 11.8 Å². The summed E-state index contributed by atoms with van der Waals surface area (Å²) in [6.45, 7) is 2.18. The second kappa shape index (κ2) is 8.90. The highest BCUT2D eigenvalue weighted by Gasteiger charge is 2.29. The number of hydrogen-bond acceptors (Lipinski definition) is 6. The summed E-state index contributed by atoms with van der Waals surface area (Å²) in [4.78, 5) is 50.1. The van der Waals surface area contributed by atoms with Crippen LogP contribution >= 0.6 is 11.8 Å². The topological polar surface area (TPSA) is 98.8 Å². The standard InChI is InChI=1S/C18H22N4O4S/c23-15-12-27-18(26)22(15)11-8-19-16(24)17(25)20-13-4-6-14(7-5-13)21-9-2-1-3-10-21/h4-7H,1-3,8-12H2,(H,19,24)(H,20,25). The van der Waals surface area contributed by atoms with Crippen molar-refractivity contribution in [3.63, 3.8) is 0 Å². The molecule has 2 saturated heterocycles. The normalized spacial score (nSPS) is 17.2. The van der Waals surface area contributed by atoms with E-state index in [-0.39, 0.29) is 30.0 Å². The molecule has 1 aromatic carbocycles. The Morgan fingerprint density at radius 2 is 1.70 bits per heavy atom. The fourth-order valence-corrected chi connectivity index (χ4v) is 3.81. The molecule has 2 fully saturated rings. The molecule has 2 N–H and O–H groups in total. The third-order valence-electron chi connectivity index (χ3n) is 4.51. The Labute approximate surface area is 161 Å². The highest BCUT2D eigenvalue weighted by Crippen LogP contribution is 2.21. The van der Waals surface area contributed by atoms with Crippen molar-refractivity contribution in [3.8, 4) is 0 Å². The number of anilines is 2. The fourth-order valence-electron chi connectivity index (χ4n) is 3.05. The average molecular weight is 390 g/mol. The van der Waals surface area contributed by atoms with E-state index in [1.54, 1.807) is 12.1 Å². The monoisotopic (exact) mass is 390 g/mol. The summed E-state index contributed by atoms with van der Waals surface area (Å²) in [7, 11) is 0. The smallest absolute Gasteiger partial charge is 0.313 e. The molecule has 1 aromatic rings. The van der Waals surface area contributed by atoms with Gasteiger partial charge in [-0.05, 0) is 43.5 Å². The minimum atomic E-state index is -0.804. The quantitative estimate of drug-likeness (QED) is 0.738. The number of benzene rings is 1. The zero-order chi connectivity index (χ0) is 19.2. The summed E-state index contributed by atoms with van der Waals surface area (Å²) in [5, 5.41) is 4.64. The van der Waals surface area contributed by atoms with E-state index in [0.29, 0.717) is 5.69 Å². The summed E-state index contributed by atoms with van der Waals surface area (Å²) >= 11 is 0.934. The maximum Gasteiger partial charge on any atom is 0.313 e. The second-order valence-corrected chi connectivity index (χ2v) is 7.33. The lowest BCUT2D eigenvalue weighted by atomic mass is 10.1. The van der Waals surface area contributed by atoms with Crippen LogP contribution in [0.15, 0.2) is 24.3 Å². The van der Waals surface area contributed by atoms with Crippen LogP contribution in [0, 0.1) is 0 Å². The molecule has 3 rings (SSSR count). The van der Waals surface area contributed by atoms with Crippen LogP contribution in [0.25, 0.3) is 0 Å². The number of piperidine rings is 1. The molecule has 27 heavy (non-hydrogen) atoms. The van der Waals surface area contributed by atoms with E-state index in [9.17, 15) is 19.2 Å². The Balaban J connectivity index is 1.44. The number of hydrogen-bond donors (Lipinski definition) is 2. The van der Waals surface area contributed by atoms with Crippen molar-refractivity contribution in [1.82, 2.24) is 10.2 Å². The largest absolute Gasteiger partial charge is 0.372 e. The van der Waals surface area contributed by atoms with Gasteiger partial charge in [0.25, 0.3) is 5.24 Å². The van der Waals surface area contributed by atoms with Crippen LogP contribution in [0.2, 0.25) is 0 Å². The molecule has 0 unspecified atom stereocenters. The number of nitrogens with one attached hydrogen (secondary N) is 2. The molecule has 0 bridgehead atoms. The number of nitrogens with zero attached hydrogens (tertiary/aromatic N) is 2. The van der Waals surface area contributed by atoms with Gasteiger partial charge in [0, 0.05) is 37.6 Å². The number of amides is 4. The van der Waals surface area contributed by atoms with Crippen molar-refractivity contribution in [3.05, 3.63) is 24.3 Å². The number of thioether (sulfide) groups is 1. The molecule has 0 aliphatic carbocycles. The number of rotatable bonds is 5. The molecule has 0 radical (unpaired) electrons. The zero-order valence-corrected chi connectivity index (χ0v) is 15.7. The molecule has 2 heterocycles. The Bertz CT molecular complexity index is 715. The van der Waals surface area contributed by atoms with Crippen LogP contribution < -0.4 is 15.5 Å². The van der Waals surface area contributed by atoms with Crippen molar-refractivity contribution >= 4 is 46.1 Å². The van der Waals surface area contributed by atoms with Crippen LogP contribution in [0.1, 0.15) is 19.3 Å². The van der Waals surface area contributed by atoms with Crippen molar-refractivity contribution < 1.29 is 19.2 Å². The molecule has 8 nitrogen and oxygen atoms in total. The minimum absolute atomic E-state index is 0.0399. The van der Waals surface area contributed by atoms with E-state index in [1.807, 2.05) is 12.1 Å². The van der Waals surface area contributed by atoms with Crippen LogP contribution in [0.4, 0.5) is 16.2 Å². The predicted octanol–water partition coefficient (Wildman–Crippen LogP) is 1.43. The first kappa shape index (κ1) is 19.2. The lowest BCUT2D eigenvalue weighted by Gasteiger charge is -2.28. The lowest BCUT2D eigenvalue weighted by Crippen LogP contribution is -2.41. The van der Waals surface area contributed by atoms with Crippen LogP contribution in [-0.2, 0) is 14.4 Å². The molecule has 2 aliphatic rings. The SMILES string of the molecule is O=C(NCCN1C(=O)CSC1=O)C(=O)Nc1ccc(N2CCCCC2)cc1. The van der Waals surface area contributed by atoms with Gasteiger partial charge in [0.15, 0.2) is 0 Å². The van der Waals surface area contributed by atoms with Gasteiger partial charge in [0.2, 0.25) is 5.91 Å². The van der Waals surface area contributed by atoms with E-state index in [0.717, 1.165) is 35.4 Å². The molecule has 0 saturated carbocycles. The molecule has 144 valence electrons. The van der Waals surface area contributed by atoms with Crippen molar-refractivity contribution in [2.24, 2.45) is 0 Å². The predicted molar refractivity (Wildman–Crippen MR) is 104 cm³/mol. The number of imide groups is 1. The third kappa shape index (κ3) is 5.00. The maximum absolute atomic E-state index is 12.0. The average Bonchev–Trinajstić information content (AvgIpc) is 3.01. The van der Waals surface area contributed by atoms with Gasteiger partial charge in [-0.15, -0.1) is 0 Å². The van der Waals surface area contributed by atoms with Crippen molar-refractivity contribution in [2.75, 3.05) is 42.1 Å². The highest BCUT2D eigenvalue weighted by atomic mass is 32.2. The van der Waals surface area contributed by atoms with E-state index >= 15 is 0 Å². The van der Waals surface area contributed by atoms with Gasteiger partial charge in [-0.25, -0.2) is 0 Å². The summed E-state index contributed by atoms with van der Waals surface area (Å²) in [5.41, 5.74) is 1.65. The van der Waals surface area contributed by atoms with Gasteiger partial charge in [-0.2, -0.15) is 0 Å². The molecule has 4 amide bonds. The van der Waals surface area contributed by atoms with Crippen molar-refractivity contribution in [1.29, 1.82) is 0 Å². The van der Waals surface area contributed by atoms with Gasteiger partial charge in [0.05, 0.1) is 5.75 Å². The lowest BCUT2D eigenvalue weighted by molar-refractivity contribution is -0.136. The first-order chi connectivity index (χ1) is 13.0. The van der Waals surface area contributed by atoms with Gasteiger partial charge in [-0.3, -0.25) is 24.1 Å². The summed E-state index contributed by atoms with van der Waals surface area (Å²) in [6, 6.07) is 7.41. The van der Waals surface area contributed by atoms with Crippen LogP contribution in [-0.4, -0.2) is 59.8 Å². The van der Waals surface area contributed by atoms with Crippen LogP contribution in [0.5, 0.6) is 0 Å². The first-order valence-corrected chi connectivity index (χ1v) is 9.94. The van der Waals surface area contributed by atoms with Gasteiger partial charge >= 0.3 is 11.8 Å². The minimum Gasteiger partial charge on any atom is -0.372 e. The molecule has 0 spiro atoms. The van der Waals surface area contributed by atoms with Gasteiger partial charge < -0.3 is 15.5 Å². The van der Waals surface area contributed by atoms with Gasteiger partial charge in [0.1, 0.15) is 0 Å². The van der Waals surface area contributed by atoms with E-state index in [4.69, 9.17) is 0 Å². The number of carbonyl (C=O) groups excluding carboxylic acids is 4. The summed E-state index contributed by atoms with van der Waals surface area (Å²) in [5.74, 6) is -1.74. The summed E-state index contributed by atoms with van der Waals surface area (Å²) in [6.07, 6.45) is 3.64. The zero-order valence-electron chi connectivity index (χ0n) is 14.9. The molecule has 0 aromatic heterocycles. The number of carbonyl (C=O) groups is 4. The molecular weight excluding hydrogens is 368 g/mol. The Morgan fingerprint density at radius 1 is 1.00 bits per heavy atom. The summed E-state index contributed by atoms with van der Waals surface area (Å²) < 4.78 is 0. The Morgan fingerprint density at radius 3 is 2.33 bits per heavy atom. The van der Waals surface area contributed by atoms with Crippen LogP contribution in [0.3, 0.4) is 0 Å². The highest BCUT2D eigenvalue weighted by molar-refractivity contribution is 8.14. The molecule has 0 atom stereocenters. The second-order valence-electron chi connectivity index (χ2n) is 6.40. The van der Waals surface area contributed by atoms with E-state index < -0.39 is 11.8 Å². The maximum atomic E-state index is 12.0. The van der Waals surface area contributed by atoms with E-state index in [2.05, 4.69) is 15.5 Å². The molecular formula is C18H22N4O4S. The van der Waals surface area contributed by atoms with Crippen molar-refractivity contribution in [2.45, 2.75) is 19.3 Å². The Kier molecular flexibility index (Phi) is 6.33. The first-order valence-electron chi connectivity index (χ1n) is 8.96. The third-order valence-corrected chi connectivity index (χ3v) is 5.37. The van der Waals surface area contributed by atoms with E-state index in [1.165, 1.54) is 19.3 Å². The molecule has 9 heteroatoms.